The molecule has 2 atom stereocenters. The third-order valence-electron chi connectivity index (χ3n) is 3.15. The molecular formula is C13H15ClF3NO. The van der Waals surface area contributed by atoms with Gasteiger partial charge in [0.1, 0.15) is 0 Å². The Hall–Kier alpha value is -0.940. The normalized spacial score (nSPS) is 24.3. The quantitative estimate of drug-likeness (QED) is 0.876. The fourth-order valence-electron chi connectivity index (χ4n) is 2.24. The maximum absolute atomic E-state index is 12.9. The molecule has 1 fully saturated rings. The lowest BCUT2D eigenvalue weighted by molar-refractivity contribution is -0.137. The molecule has 1 heterocycles. The van der Waals surface area contributed by atoms with Crippen LogP contribution in [0.2, 0.25) is 5.02 Å². The van der Waals surface area contributed by atoms with E-state index >= 15 is 0 Å². The number of rotatable bonds is 2. The molecule has 0 spiro atoms. The number of alkyl halides is 3. The standard InChI is InChI=1S/C13H15ClF3NO/c1-8-7-9(5-6-19-8)18-12-10(13(15,16)17)3-2-4-11(12)14/h2-4,8-9,18H,5-7H2,1H3. The van der Waals surface area contributed by atoms with Crippen LogP contribution in [0, 0.1) is 0 Å². The van der Waals surface area contributed by atoms with Gasteiger partial charge >= 0.3 is 6.18 Å². The zero-order valence-electron chi connectivity index (χ0n) is 10.4. The molecule has 19 heavy (non-hydrogen) atoms. The minimum absolute atomic E-state index is 0.0317. The van der Waals surface area contributed by atoms with Crippen LogP contribution in [0.5, 0.6) is 0 Å². The molecule has 1 aliphatic rings. The molecule has 0 aliphatic carbocycles. The van der Waals surface area contributed by atoms with E-state index in [2.05, 4.69) is 5.32 Å². The van der Waals surface area contributed by atoms with Crippen LogP contribution >= 0.6 is 11.6 Å². The second-order valence-electron chi connectivity index (χ2n) is 4.71. The van der Waals surface area contributed by atoms with Crippen molar-refractivity contribution in [3.8, 4) is 0 Å². The third-order valence-corrected chi connectivity index (χ3v) is 3.47. The van der Waals surface area contributed by atoms with Gasteiger partial charge < -0.3 is 10.1 Å². The summed E-state index contributed by atoms with van der Waals surface area (Å²) in [7, 11) is 0. The highest BCUT2D eigenvalue weighted by molar-refractivity contribution is 6.33. The van der Waals surface area contributed by atoms with Crippen LogP contribution in [-0.4, -0.2) is 18.8 Å². The van der Waals surface area contributed by atoms with Gasteiger partial charge in [0.25, 0.3) is 0 Å². The predicted octanol–water partition coefficient (Wildman–Crippen LogP) is 4.34. The number of hydrogen-bond acceptors (Lipinski definition) is 2. The van der Waals surface area contributed by atoms with E-state index in [1.807, 2.05) is 6.92 Å². The van der Waals surface area contributed by atoms with Gasteiger partial charge in [-0.25, -0.2) is 0 Å². The van der Waals surface area contributed by atoms with Crippen LogP contribution in [-0.2, 0) is 10.9 Å². The maximum atomic E-state index is 12.9. The summed E-state index contributed by atoms with van der Waals surface area (Å²) < 4.78 is 44.2. The fraction of sp³-hybridized carbons (Fsp3) is 0.538. The van der Waals surface area contributed by atoms with Crippen molar-refractivity contribution in [3.63, 3.8) is 0 Å². The van der Waals surface area contributed by atoms with Gasteiger partial charge in [-0.1, -0.05) is 17.7 Å². The van der Waals surface area contributed by atoms with E-state index in [-0.39, 0.29) is 22.9 Å². The maximum Gasteiger partial charge on any atom is 0.418 e. The molecule has 6 heteroatoms. The third kappa shape index (κ3) is 3.54. The summed E-state index contributed by atoms with van der Waals surface area (Å²) in [6.45, 7) is 2.45. The molecule has 1 aliphatic heterocycles. The van der Waals surface area contributed by atoms with E-state index in [9.17, 15) is 13.2 Å². The summed E-state index contributed by atoms with van der Waals surface area (Å²) in [4.78, 5) is 0. The monoisotopic (exact) mass is 293 g/mol. The van der Waals surface area contributed by atoms with Crippen molar-refractivity contribution < 1.29 is 17.9 Å². The SMILES string of the molecule is CC1CC(Nc2c(Cl)cccc2C(F)(F)F)CCO1. The van der Waals surface area contributed by atoms with Crippen molar-refractivity contribution in [1.29, 1.82) is 0 Å². The Morgan fingerprint density at radius 2 is 2.11 bits per heavy atom. The first kappa shape index (κ1) is 14.5. The van der Waals surface area contributed by atoms with Crippen LogP contribution < -0.4 is 5.32 Å². The Kier molecular flexibility index (Phi) is 4.26. The molecule has 0 bridgehead atoms. The Balaban J connectivity index is 2.24. The molecular weight excluding hydrogens is 279 g/mol. The van der Waals surface area contributed by atoms with Crippen LogP contribution in [0.4, 0.5) is 18.9 Å². The zero-order chi connectivity index (χ0) is 14.0. The number of nitrogens with one attached hydrogen (secondary N) is 1. The first-order chi connectivity index (χ1) is 8.88. The first-order valence-electron chi connectivity index (χ1n) is 6.12. The molecule has 2 nitrogen and oxygen atoms in total. The summed E-state index contributed by atoms with van der Waals surface area (Å²) in [5.41, 5.74) is -0.755. The Morgan fingerprint density at radius 1 is 1.37 bits per heavy atom. The Bertz CT molecular complexity index is 450. The van der Waals surface area contributed by atoms with Gasteiger partial charge in [-0.05, 0) is 31.9 Å². The lowest BCUT2D eigenvalue weighted by Crippen LogP contribution is -2.33. The van der Waals surface area contributed by atoms with Crippen LogP contribution in [0.25, 0.3) is 0 Å². The molecule has 0 saturated carbocycles. The smallest absolute Gasteiger partial charge is 0.380 e. The molecule has 1 N–H and O–H groups in total. The van der Waals surface area contributed by atoms with Crippen molar-refractivity contribution in [2.75, 3.05) is 11.9 Å². The molecule has 1 saturated heterocycles. The minimum atomic E-state index is -4.41. The van der Waals surface area contributed by atoms with Crippen molar-refractivity contribution in [3.05, 3.63) is 28.8 Å². The molecule has 1 aromatic carbocycles. The molecule has 106 valence electrons. The summed E-state index contributed by atoms with van der Waals surface area (Å²) in [6, 6.07) is 3.76. The van der Waals surface area contributed by atoms with Crippen molar-refractivity contribution in [2.45, 2.75) is 38.1 Å². The van der Waals surface area contributed by atoms with E-state index < -0.39 is 11.7 Å². The van der Waals surface area contributed by atoms with E-state index in [1.54, 1.807) is 0 Å². The predicted molar refractivity (Wildman–Crippen MR) is 68.5 cm³/mol. The second-order valence-corrected chi connectivity index (χ2v) is 5.11. The number of ether oxygens (including phenoxy) is 1. The average Bonchev–Trinajstić information content (AvgIpc) is 2.30. The topological polar surface area (TPSA) is 21.3 Å². The highest BCUT2D eigenvalue weighted by atomic mass is 35.5. The fourth-order valence-corrected chi connectivity index (χ4v) is 2.47. The van der Waals surface area contributed by atoms with Crippen LogP contribution in [0.3, 0.4) is 0 Å². The number of hydrogen-bond donors (Lipinski definition) is 1. The zero-order valence-corrected chi connectivity index (χ0v) is 11.2. The average molecular weight is 294 g/mol. The van der Waals surface area contributed by atoms with Gasteiger partial charge in [0.05, 0.1) is 22.4 Å². The van der Waals surface area contributed by atoms with Gasteiger partial charge in [0.15, 0.2) is 0 Å². The van der Waals surface area contributed by atoms with Gasteiger partial charge in [0, 0.05) is 12.6 Å². The van der Waals surface area contributed by atoms with Crippen molar-refractivity contribution >= 4 is 17.3 Å². The van der Waals surface area contributed by atoms with Crippen molar-refractivity contribution in [1.82, 2.24) is 0 Å². The largest absolute Gasteiger partial charge is 0.418 e. The van der Waals surface area contributed by atoms with Crippen LogP contribution in [0.15, 0.2) is 18.2 Å². The van der Waals surface area contributed by atoms with Crippen LogP contribution in [0.1, 0.15) is 25.3 Å². The molecule has 1 aromatic rings. The van der Waals surface area contributed by atoms with Gasteiger partial charge in [0.2, 0.25) is 0 Å². The molecule has 0 amide bonds. The van der Waals surface area contributed by atoms with Gasteiger partial charge in [-0.2, -0.15) is 13.2 Å². The summed E-state index contributed by atoms with van der Waals surface area (Å²) in [6.07, 6.45) is -3.03. The number of anilines is 1. The lowest BCUT2D eigenvalue weighted by Gasteiger charge is -2.30. The Labute approximate surface area is 114 Å². The lowest BCUT2D eigenvalue weighted by atomic mass is 10.0. The van der Waals surface area contributed by atoms with Gasteiger partial charge in [-0.15, -0.1) is 0 Å². The van der Waals surface area contributed by atoms with E-state index in [1.165, 1.54) is 12.1 Å². The minimum Gasteiger partial charge on any atom is -0.380 e. The highest BCUT2D eigenvalue weighted by Crippen LogP contribution is 2.39. The number of halogens is 4. The summed E-state index contributed by atoms with van der Waals surface area (Å²) in [5.74, 6) is 0. The van der Waals surface area contributed by atoms with E-state index in [0.29, 0.717) is 19.4 Å². The summed E-state index contributed by atoms with van der Waals surface area (Å²) >= 11 is 5.90. The number of benzene rings is 1. The van der Waals surface area contributed by atoms with E-state index in [0.717, 1.165) is 6.07 Å². The Morgan fingerprint density at radius 3 is 2.74 bits per heavy atom. The highest BCUT2D eigenvalue weighted by Gasteiger charge is 2.35. The summed E-state index contributed by atoms with van der Waals surface area (Å²) in [5, 5.41) is 3.01. The molecule has 0 aromatic heterocycles. The molecule has 2 unspecified atom stereocenters. The molecule has 0 radical (unpaired) electrons. The first-order valence-corrected chi connectivity index (χ1v) is 6.49. The van der Waals surface area contributed by atoms with E-state index in [4.69, 9.17) is 16.3 Å². The number of para-hydroxylation sites is 1. The molecule has 2 rings (SSSR count). The van der Waals surface area contributed by atoms with Gasteiger partial charge in [-0.3, -0.25) is 0 Å². The second kappa shape index (κ2) is 5.59. The van der Waals surface area contributed by atoms with Crippen molar-refractivity contribution in [2.24, 2.45) is 0 Å².